The fourth-order valence-corrected chi connectivity index (χ4v) is 0.950. The summed E-state index contributed by atoms with van der Waals surface area (Å²) in [6.07, 6.45) is 0. The van der Waals surface area contributed by atoms with Crippen molar-refractivity contribution in [3.05, 3.63) is 0 Å². The van der Waals surface area contributed by atoms with Gasteiger partial charge in [0.1, 0.15) is 0 Å². The monoisotopic (exact) mass is 228 g/mol. The van der Waals surface area contributed by atoms with Crippen LogP contribution in [0.3, 0.4) is 0 Å². The van der Waals surface area contributed by atoms with Gasteiger partial charge in [0, 0.05) is 13.1 Å². The van der Waals surface area contributed by atoms with E-state index < -0.39 is 0 Å². The zero-order valence-corrected chi connectivity index (χ0v) is 11.6. The molecule has 1 N–H and O–H groups in total. The maximum Gasteiger partial charge on any atom is 0.0603 e. The van der Waals surface area contributed by atoms with Gasteiger partial charge in [-0.2, -0.15) is 0 Å². The topological polar surface area (TPSA) is 24.5 Å². The fourth-order valence-electron chi connectivity index (χ4n) is 0.950. The summed E-state index contributed by atoms with van der Waals surface area (Å²) in [6.45, 7) is 13.7. The van der Waals surface area contributed by atoms with Crippen LogP contribution in [0.5, 0.6) is 0 Å². The first-order valence-electron chi connectivity index (χ1n) is 6.19. The molecule has 0 aromatic rings. The van der Waals surface area contributed by atoms with Crippen molar-refractivity contribution < 1.29 is 4.74 Å². The molecule has 0 aromatic carbocycles. The van der Waals surface area contributed by atoms with Crippen LogP contribution in [0.25, 0.3) is 0 Å². The van der Waals surface area contributed by atoms with Crippen LogP contribution in [0.2, 0.25) is 0 Å². The number of nitrogens with one attached hydrogen (secondary N) is 1. The summed E-state index contributed by atoms with van der Waals surface area (Å²) in [5.41, 5.74) is 0. The van der Waals surface area contributed by atoms with E-state index in [9.17, 15) is 0 Å². The van der Waals surface area contributed by atoms with E-state index in [-0.39, 0.29) is 0 Å². The summed E-state index contributed by atoms with van der Waals surface area (Å²) < 4.78 is 5.19. The standard InChI is InChI=1S/C8H13NO.C3H9N.C2H6/c1-2-3-4-9-5-7-10-8-6-9;1-3-4-2;1-2/h4-8H2,1H3;4H,3H2,1-2H3;1-2H3. The van der Waals surface area contributed by atoms with E-state index in [1.807, 2.05) is 27.8 Å². The van der Waals surface area contributed by atoms with Gasteiger partial charge >= 0.3 is 0 Å². The van der Waals surface area contributed by atoms with Crippen LogP contribution in [0, 0.1) is 11.8 Å². The predicted octanol–water partition coefficient (Wildman–Crippen LogP) is 1.59. The normalized spacial score (nSPS) is 14.6. The summed E-state index contributed by atoms with van der Waals surface area (Å²) in [5.74, 6) is 5.92. The molecule has 1 heterocycles. The average Bonchev–Trinajstić information content (AvgIpc) is 2.40. The number of nitrogens with zero attached hydrogens (tertiary/aromatic N) is 1. The highest BCUT2D eigenvalue weighted by molar-refractivity contribution is 4.97. The summed E-state index contributed by atoms with van der Waals surface area (Å²) in [7, 11) is 1.93. The molecule has 0 atom stereocenters. The van der Waals surface area contributed by atoms with Crippen molar-refractivity contribution in [2.75, 3.05) is 46.4 Å². The third-order valence-corrected chi connectivity index (χ3v) is 1.94. The minimum Gasteiger partial charge on any atom is -0.379 e. The average molecular weight is 228 g/mol. The Balaban J connectivity index is 0. The van der Waals surface area contributed by atoms with Crippen LogP contribution in [0.1, 0.15) is 27.7 Å². The molecule has 1 saturated heterocycles. The third kappa shape index (κ3) is 13.4. The van der Waals surface area contributed by atoms with Gasteiger partial charge in [-0.3, -0.25) is 4.90 Å². The summed E-state index contributed by atoms with van der Waals surface area (Å²) in [6, 6.07) is 0. The quantitative estimate of drug-likeness (QED) is 0.727. The number of rotatable bonds is 2. The lowest BCUT2D eigenvalue weighted by molar-refractivity contribution is 0.0443. The van der Waals surface area contributed by atoms with Crippen LogP contribution in [-0.4, -0.2) is 51.3 Å². The summed E-state index contributed by atoms with van der Waals surface area (Å²) in [4.78, 5) is 2.31. The van der Waals surface area contributed by atoms with Gasteiger partial charge in [-0.25, -0.2) is 0 Å². The molecule has 3 heteroatoms. The molecular weight excluding hydrogens is 200 g/mol. The highest BCUT2D eigenvalue weighted by atomic mass is 16.5. The Morgan fingerprint density at radius 1 is 1.25 bits per heavy atom. The van der Waals surface area contributed by atoms with E-state index in [1.54, 1.807) is 0 Å². The van der Waals surface area contributed by atoms with Crippen molar-refractivity contribution in [1.29, 1.82) is 0 Å². The van der Waals surface area contributed by atoms with Gasteiger partial charge in [0.25, 0.3) is 0 Å². The Kier molecular flexibility index (Phi) is 18.8. The molecule has 1 rings (SSSR count). The SMILES string of the molecule is CC.CC#CCN1CCOCC1.CCNC. The van der Waals surface area contributed by atoms with Crippen molar-refractivity contribution in [1.82, 2.24) is 10.2 Å². The second-order valence-electron chi connectivity index (χ2n) is 3.02. The summed E-state index contributed by atoms with van der Waals surface area (Å²) >= 11 is 0. The van der Waals surface area contributed by atoms with Gasteiger partial charge in [-0.05, 0) is 20.5 Å². The third-order valence-electron chi connectivity index (χ3n) is 1.94. The minimum atomic E-state index is 0.866. The lowest BCUT2D eigenvalue weighted by Crippen LogP contribution is -2.36. The molecule has 1 aliphatic rings. The van der Waals surface area contributed by atoms with Gasteiger partial charge in [0.05, 0.1) is 19.8 Å². The Morgan fingerprint density at radius 2 is 1.75 bits per heavy atom. The molecule has 0 unspecified atom stereocenters. The van der Waals surface area contributed by atoms with Crippen LogP contribution in [-0.2, 0) is 4.74 Å². The number of morpholine rings is 1. The molecule has 0 spiro atoms. The Morgan fingerprint density at radius 3 is 2.12 bits per heavy atom. The first kappa shape index (κ1) is 17.8. The first-order valence-corrected chi connectivity index (χ1v) is 6.19. The van der Waals surface area contributed by atoms with Crippen molar-refractivity contribution in [3.8, 4) is 11.8 Å². The van der Waals surface area contributed by atoms with Crippen LogP contribution >= 0.6 is 0 Å². The number of ether oxygens (including phenoxy) is 1. The molecule has 0 bridgehead atoms. The molecular formula is C13H28N2O. The maximum atomic E-state index is 5.19. The summed E-state index contributed by atoms with van der Waals surface area (Å²) in [5, 5.41) is 2.93. The van der Waals surface area contributed by atoms with Crippen molar-refractivity contribution in [3.63, 3.8) is 0 Å². The van der Waals surface area contributed by atoms with E-state index in [0.29, 0.717) is 0 Å². The molecule has 3 nitrogen and oxygen atoms in total. The zero-order chi connectivity index (χ0) is 12.6. The molecule has 0 saturated carbocycles. The zero-order valence-electron chi connectivity index (χ0n) is 11.6. The molecule has 0 aromatic heterocycles. The molecule has 0 amide bonds. The van der Waals surface area contributed by atoms with E-state index in [2.05, 4.69) is 29.0 Å². The van der Waals surface area contributed by atoms with Crippen LogP contribution in [0.4, 0.5) is 0 Å². The number of hydrogen-bond donors (Lipinski definition) is 1. The van der Waals surface area contributed by atoms with Crippen LogP contribution in [0.15, 0.2) is 0 Å². The number of hydrogen-bond acceptors (Lipinski definition) is 3. The maximum absolute atomic E-state index is 5.19. The Hall–Kier alpha value is -0.560. The second-order valence-corrected chi connectivity index (χ2v) is 3.02. The van der Waals surface area contributed by atoms with Crippen LogP contribution < -0.4 is 5.32 Å². The molecule has 0 aliphatic carbocycles. The Bertz CT molecular complexity index is 165. The molecule has 96 valence electrons. The van der Waals surface area contributed by atoms with E-state index in [4.69, 9.17) is 4.74 Å². The van der Waals surface area contributed by atoms with Gasteiger partial charge in [-0.15, -0.1) is 5.92 Å². The Labute approximate surface area is 102 Å². The smallest absolute Gasteiger partial charge is 0.0603 e. The van der Waals surface area contributed by atoms with Gasteiger partial charge in [0.2, 0.25) is 0 Å². The minimum absolute atomic E-state index is 0.866. The van der Waals surface area contributed by atoms with E-state index >= 15 is 0 Å². The van der Waals surface area contributed by atoms with Gasteiger partial charge in [0.15, 0.2) is 0 Å². The highest BCUT2D eigenvalue weighted by Crippen LogP contribution is 1.94. The van der Waals surface area contributed by atoms with Crippen molar-refractivity contribution >= 4 is 0 Å². The fraction of sp³-hybridized carbons (Fsp3) is 0.846. The molecule has 0 radical (unpaired) electrons. The lowest BCUT2D eigenvalue weighted by Gasteiger charge is -2.24. The van der Waals surface area contributed by atoms with E-state index in [0.717, 1.165) is 39.4 Å². The van der Waals surface area contributed by atoms with Gasteiger partial charge < -0.3 is 10.1 Å². The lowest BCUT2D eigenvalue weighted by atomic mass is 10.4. The highest BCUT2D eigenvalue weighted by Gasteiger charge is 2.07. The van der Waals surface area contributed by atoms with E-state index in [1.165, 1.54) is 0 Å². The van der Waals surface area contributed by atoms with Crippen molar-refractivity contribution in [2.24, 2.45) is 0 Å². The van der Waals surface area contributed by atoms with Gasteiger partial charge in [-0.1, -0.05) is 26.7 Å². The molecule has 1 fully saturated rings. The largest absolute Gasteiger partial charge is 0.379 e. The first-order chi connectivity index (χ1) is 7.85. The predicted molar refractivity (Wildman–Crippen MR) is 71.7 cm³/mol. The van der Waals surface area contributed by atoms with Crippen molar-refractivity contribution in [2.45, 2.75) is 27.7 Å². The second kappa shape index (κ2) is 16.9. The molecule has 16 heavy (non-hydrogen) atoms. The molecule has 1 aliphatic heterocycles.